The first-order valence-corrected chi connectivity index (χ1v) is 5.50. The lowest BCUT2D eigenvalue weighted by Crippen LogP contribution is -2.02. The van der Waals surface area contributed by atoms with Crippen LogP contribution in [0.15, 0.2) is 30.6 Å². The Morgan fingerprint density at radius 3 is 2.62 bits per heavy atom. The van der Waals surface area contributed by atoms with Gasteiger partial charge in [-0.2, -0.15) is 0 Å². The fraction of sp³-hybridized carbons (Fsp3) is 0.333. The van der Waals surface area contributed by atoms with E-state index in [9.17, 15) is 0 Å². The molecule has 0 amide bonds. The maximum atomic E-state index is 5.64. The molecule has 0 unspecified atom stereocenters. The Morgan fingerprint density at radius 2 is 1.94 bits per heavy atom. The number of nitrogen functional groups attached to an aromatic ring is 1. The third-order valence-electron chi connectivity index (χ3n) is 2.65. The minimum atomic E-state index is 0.806. The number of hydrogen-bond donors (Lipinski definition) is 1. The second-order valence-electron chi connectivity index (χ2n) is 3.77. The number of hydrogen-bond acceptors (Lipinski definition) is 3. The molecule has 1 aromatic carbocycles. The molecule has 0 aliphatic carbocycles. The van der Waals surface area contributed by atoms with E-state index in [2.05, 4.69) is 33.8 Å². The van der Waals surface area contributed by atoms with E-state index in [1.807, 2.05) is 12.1 Å². The molecule has 0 bridgehead atoms. The van der Waals surface area contributed by atoms with Gasteiger partial charge in [0.05, 0.1) is 0 Å². The van der Waals surface area contributed by atoms with Crippen molar-refractivity contribution in [2.75, 3.05) is 5.73 Å². The summed E-state index contributed by atoms with van der Waals surface area (Å²) in [5.74, 6) is 1.04. The molecule has 0 spiro atoms. The summed E-state index contributed by atoms with van der Waals surface area (Å²) >= 11 is 0. The average molecular weight is 216 g/mol. The van der Waals surface area contributed by atoms with Crippen LogP contribution in [0.4, 0.5) is 5.69 Å². The minimum absolute atomic E-state index is 0.806. The van der Waals surface area contributed by atoms with Crippen molar-refractivity contribution in [3.63, 3.8) is 0 Å². The van der Waals surface area contributed by atoms with Crippen molar-refractivity contribution in [1.82, 2.24) is 14.8 Å². The Labute approximate surface area is 95.1 Å². The van der Waals surface area contributed by atoms with Crippen LogP contribution in [0.2, 0.25) is 0 Å². The van der Waals surface area contributed by atoms with Crippen LogP contribution >= 0.6 is 0 Å². The molecule has 16 heavy (non-hydrogen) atoms. The largest absolute Gasteiger partial charge is 0.399 e. The highest BCUT2D eigenvalue weighted by molar-refractivity contribution is 5.39. The molecule has 0 atom stereocenters. The van der Waals surface area contributed by atoms with E-state index >= 15 is 0 Å². The quantitative estimate of drug-likeness (QED) is 0.791. The van der Waals surface area contributed by atoms with Crippen LogP contribution in [0.5, 0.6) is 0 Å². The Morgan fingerprint density at radius 1 is 1.19 bits per heavy atom. The van der Waals surface area contributed by atoms with Gasteiger partial charge in [0.1, 0.15) is 12.2 Å². The second kappa shape index (κ2) is 4.79. The Kier molecular flexibility index (Phi) is 3.19. The molecule has 0 saturated carbocycles. The summed E-state index contributed by atoms with van der Waals surface area (Å²) in [7, 11) is 0. The average Bonchev–Trinajstić information content (AvgIpc) is 2.76. The first-order chi connectivity index (χ1) is 7.79. The summed E-state index contributed by atoms with van der Waals surface area (Å²) < 4.78 is 2.07. The lowest BCUT2D eigenvalue weighted by molar-refractivity contribution is 0.689. The van der Waals surface area contributed by atoms with E-state index in [1.54, 1.807) is 6.33 Å². The third-order valence-corrected chi connectivity index (χ3v) is 2.65. The molecule has 0 fully saturated rings. The summed E-state index contributed by atoms with van der Waals surface area (Å²) in [6.45, 7) is 3.01. The zero-order chi connectivity index (χ0) is 11.4. The summed E-state index contributed by atoms with van der Waals surface area (Å²) in [6.07, 6.45) is 3.66. The highest BCUT2D eigenvalue weighted by Gasteiger charge is 2.02. The fourth-order valence-electron chi connectivity index (χ4n) is 1.68. The van der Waals surface area contributed by atoms with Gasteiger partial charge < -0.3 is 10.3 Å². The maximum Gasteiger partial charge on any atom is 0.133 e. The van der Waals surface area contributed by atoms with Crippen molar-refractivity contribution >= 4 is 5.69 Å². The van der Waals surface area contributed by atoms with Crippen molar-refractivity contribution in [2.45, 2.75) is 26.3 Å². The summed E-state index contributed by atoms with van der Waals surface area (Å²) in [6, 6.07) is 7.98. The van der Waals surface area contributed by atoms with Gasteiger partial charge in [0.15, 0.2) is 0 Å². The summed E-state index contributed by atoms with van der Waals surface area (Å²) in [5.41, 5.74) is 7.72. The number of nitrogens with zero attached hydrogens (tertiary/aromatic N) is 3. The topological polar surface area (TPSA) is 56.7 Å². The monoisotopic (exact) mass is 216 g/mol. The molecule has 0 radical (unpaired) electrons. The molecule has 4 heteroatoms. The van der Waals surface area contributed by atoms with Gasteiger partial charge in [-0.3, -0.25) is 0 Å². The third kappa shape index (κ3) is 2.39. The number of aromatic nitrogens is 3. The van der Waals surface area contributed by atoms with Crippen molar-refractivity contribution in [3.05, 3.63) is 42.0 Å². The van der Waals surface area contributed by atoms with Crippen molar-refractivity contribution in [2.24, 2.45) is 0 Å². The Bertz CT molecular complexity index is 444. The van der Waals surface area contributed by atoms with E-state index < -0.39 is 0 Å². The normalized spacial score (nSPS) is 10.6. The van der Waals surface area contributed by atoms with Crippen LogP contribution in [-0.4, -0.2) is 14.8 Å². The van der Waals surface area contributed by atoms with Crippen LogP contribution in [0, 0.1) is 0 Å². The first kappa shape index (κ1) is 10.7. The van der Waals surface area contributed by atoms with Crippen molar-refractivity contribution in [1.29, 1.82) is 0 Å². The zero-order valence-electron chi connectivity index (χ0n) is 9.43. The van der Waals surface area contributed by atoms with Gasteiger partial charge in [-0.05, 0) is 31.0 Å². The van der Waals surface area contributed by atoms with E-state index in [0.717, 1.165) is 30.9 Å². The standard InChI is InChI=1S/C12H16N4/c1-2-16-9-14-15-12(16)8-5-10-3-6-11(13)7-4-10/h3-4,6-7,9H,2,5,8,13H2,1H3. The van der Waals surface area contributed by atoms with Gasteiger partial charge in [-0.15, -0.1) is 10.2 Å². The number of rotatable bonds is 4. The van der Waals surface area contributed by atoms with Gasteiger partial charge in [-0.25, -0.2) is 0 Å². The molecule has 0 aliphatic rings. The van der Waals surface area contributed by atoms with Crippen LogP contribution in [0.3, 0.4) is 0 Å². The molecular formula is C12H16N4. The van der Waals surface area contributed by atoms with Crippen LogP contribution in [-0.2, 0) is 19.4 Å². The van der Waals surface area contributed by atoms with Gasteiger partial charge in [0.2, 0.25) is 0 Å². The summed E-state index contributed by atoms with van der Waals surface area (Å²) in [4.78, 5) is 0. The number of benzene rings is 1. The molecule has 1 heterocycles. The van der Waals surface area contributed by atoms with E-state index in [4.69, 9.17) is 5.73 Å². The molecule has 0 saturated heterocycles. The molecule has 2 aromatic rings. The van der Waals surface area contributed by atoms with E-state index in [-0.39, 0.29) is 0 Å². The Hall–Kier alpha value is -1.84. The number of anilines is 1. The lowest BCUT2D eigenvalue weighted by atomic mass is 10.1. The molecule has 2 rings (SSSR count). The summed E-state index contributed by atoms with van der Waals surface area (Å²) in [5, 5.41) is 8.02. The van der Waals surface area contributed by atoms with Crippen LogP contribution in [0.1, 0.15) is 18.3 Å². The SMILES string of the molecule is CCn1cnnc1CCc1ccc(N)cc1. The Balaban J connectivity index is 1.99. The molecule has 0 aliphatic heterocycles. The van der Waals surface area contributed by atoms with Crippen molar-refractivity contribution < 1.29 is 0 Å². The minimum Gasteiger partial charge on any atom is -0.399 e. The first-order valence-electron chi connectivity index (χ1n) is 5.50. The van der Waals surface area contributed by atoms with Gasteiger partial charge in [-0.1, -0.05) is 12.1 Å². The molecule has 1 aromatic heterocycles. The van der Waals surface area contributed by atoms with Gasteiger partial charge >= 0.3 is 0 Å². The van der Waals surface area contributed by atoms with Crippen LogP contribution in [0.25, 0.3) is 0 Å². The second-order valence-corrected chi connectivity index (χ2v) is 3.77. The van der Waals surface area contributed by atoms with Gasteiger partial charge in [0.25, 0.3) is 0 Å². The zero-order valence-corrected chi connectivity index (χ0v) is 9.43. The van der Waals surface area contributed by atoms with Crippen molar-refractivity contribution in [3.8, 4) is 0 Å². The van der Waals surface area contributed by atoms with E-state index in [1.165, 1.54) is 5.56 Å². The number of nitrogens with two attached hydrogens (primary N) is 1. The predicted molar refractivity (Wildman–Crippen MR) is 64.0 cm³/mol. The molecule has 84 valence electrons. The highest BCUT2D eigenvalue weighted by atomic mass is 15.3. The molecule has 4 nitrogen and oxygen atoms in total. The number of aryl methyl sites for hydroxylation is 3. The molecule has 2 N–H and O–H groups in total. The molecular weight excluding hydrogens is 200 g/mol. The lowest BCUT2D eigenvalue weighted by Gasteiger charge is -2.03. The van der Waals surface area contributed by atoms with Gasteiger partial charge in [0, 0.05) is 18.7 Å². The highest BCUT2D eigenvalue weighted by Crippen LogP contribution is 2.08. The smallest absolute Gasteiger partial charge is 0.133 e. The maximum absolute atomic E-state index is 5.64. The van der Waals surface area contributed by atoms with Crippen LogP contribution < -0.4 is 5.73 Å². The van der Waals surface area contributed by atoms with E-state index in [0.29, 0.717) is 0 Å². The fourth-order valence-corrected chi connectivity index (χ4v) is 1.68. The predicted octanol–water partition coefficient (Wildman–Crippen LogP) is 1.67.